The number of rotatable bonds is 5. The van der Waals surface area contributed by atoms with E-state index in [-0.39, 0.29) is 17.4 Å². The summed E-state index contributed by atoms with van der Waals surface area (Å²) < 4.78 is 13.2. The maximum absolute atomic E-state index is 13.2. The van der Waals surface area contributed by atoms with Gasteiger partial charge in [-0.2, -0.15) is 0 Å². The zero-order valence-electron chi connectivity index (χ0n) is 13.0. The van der Waals surface area contributed by atoms with Crippen LogP contribution in [-0.4, -0.2) is 15.9 Å². The van der Waals surface area contributed by atoms with Gasteiger partial charge in [0.25, 0.3) is 5.91 Å². The summed E-state index contributed by atoms with van der Waals surface area (Å²) in [4.78, 5) is 20.3. The first kappa shape index (κ1) is 16.9. The van der Waals surface area contributed by atoms with Crippen LogP contribution < -0.4 is 10.6 Å². The summed E-state index contributed by atoms with van der Waals surface area (Å²) >= 11 is 6.05. The van der Waals surface area contributed by atoms with Crippen LogP contribution in [0.25, 0.3) is 0 Å². The maximum atomic E-state index is 13.2. The predicted octanol–water partition coefficient (Wildman–Crippen LogP) is 3.94. The summed E-state index contributed by atoms with van der Waals surface area (Å²) in [7, 11) is 0. The van der Waals surface area contributed by atoms with Crippen molar-refractivity contribution in [1.29, 1.82) is 0 Å². The van der Waals surface area contributed by atoms with E-state index in [2.05, 4.69) is 20.6 Å². The second-order valence-electron chi connectivity index (χ2n) is 5.20. The Morgan fingerprint density at radius 3 is 2.64 bits per heavy atom. The van der Waals surface area contributed by atoms with Crippen molar-refractivity contribution in [2.45, 2.75) is 6.54 Å². The molecule has 0 bridgehead atoms. The number of hydrogen-bond acceptors (Lipinski definition) is 4. The molecule has 3 aromatic rings. The summed E-state index contributed by atoms with van der Waals surface area (Å²) in [6.45, 7) is 0.295. The van der Waals surface area contributed by atoms with Crippen molar-refractivity contribution >= 4 is 29.0 Å². The molecule has 5 nitrogen and oxygen atoms in total. The van der Waals surface area contributed by atoms with Gasteiger partial charge in [0.2, 0.25) is 0 Å². The Bertz CT molecular complexity index is 886. The van der Waals surface area contributed by atoms with Gasteiger partial charge in [-0.15, -0.1) is 0 Å². The Morgan fingerprint density at radius 1 is 1.08 bits per heavy atom. The van der Waals surface area contributed by atoms with Crippen LogP contribution in [0.15, 0.2) is 60.9 Å². The van der Waals surface area contributed by atoms with Crippen molar-refractivity contribution in [2.75, 3.05) is 5.32 Å². The zero-order chi connectivity index (χ0) is 17.6. The average Bonchev–Trinajstić information content (AvgIpc) is 2.61. The van der Waals surface area contributed by atoms with E-state index in [0.29, 0.717) is 23.1 Å². The molecule has 0 atom stereocenters. The number of nitrogens with zero attached hydrogens (tertiary/aromatic N) is 2. The summed E-state index contributed by atoms with van der Waals surface area (Å²) in [6.07, 6.45) is 2.76. The lowest BCUT2D eigenvalue weighted by molar-refractivity contribution is 0.0945. The molecular formula is C18H14ClFN4O. The first-order chi connectivity index (χ1) is 12.1. The van der Waals surface area contributed by atoms with Crippen molar-refractivity contribution < 1.29 is 9.18 Å². The van der Waals surface area contributed by atoms with Gasteiger partial charge in [-0.3, -0.25) is 4.79 Å². The number of aromatic nitrogens is 2. The predicted molar refractivity (Wildman–Crippen MR) is 94.3 cm³/mol. The summed E-state index contributed by atoms with van der Waals surface area (Å²) in [5.41, 5.74) is 1.54. The highest BCUT2D eigenvalue weighted by molar-refractivity contribution is 6.31. The van der Waals surface area contributed by atoms with Gasteiger partial charge in [-0.1, -0.05) is 35.9 Å². The first-order valence-corrected chi connectivity index (χ1v) is 7.86. The lowest BCUT2D eigenvalue weighted by atomic mass is 10.2. The lowest BCUT2D eigenvalue weighted by Gasteiger charge is -2.08. The highest BCUT2D eigenvalue weighted by Gasteiger charge is 2.09. The molecule has 1 aromatic heterocycles. The van der Waals surface area contributed by atoms with Gasteiger partial charge in [-0.25, -0.2) is 14.4 Å². The Kier molecular flexibility index (Phi) is 5.20. The molecule has 0 saturated heterocycles. The third kappa shape index (κ3) is 4.51. The third-order valence-electron chi connectivity index (χ3n) is 3.38. The van der Waals surface area contributed by atoms with Crippen LogP contribution in [0.4, 0.5) is 15.9 Å². The second kappa shape index (κ2) is 7.72. The Hall–Kier alpha value is -2.99. The van der Waals surface area contributed by atoms with Gasteiger partial charge in [0.1, 0.15) is 17.3 Å². The average molecular weight is 357 g/mol. The van der Waals surface area contributed by atoms with Crippen molar-refractivity contribution in [3.8, 4) is 0 Å². The minimum Gasteiger partial charge on any atom is -0.347 e. The van der Waals surface area contributed by atoms with Gasteiger partial charge in [0.15, 0.2) is 0 Å². The fraction of sp³-hybridized carbons (Fsp3) is 0.0556. The van der Waals surface area contributed by atoms with E-state index in [1.54, 1.807) is 18.2 Å². The standard InChI is InChI=1S/C18H14ClFN4O/c19-15-7-2-1-4-12(15)9-23-18(25)16-10-22-17(11-21-16)24-14-6-3-5-13(20)8-14/h1-8,10-11H,9H2,(H,22,24)(H,23,25). The smallest absolute Gasteiger partial charge is 0.271 e. The van der Waals surface area contributed by atoms with Crippen LogP contribution in [-0.2, 0) is 6.54 Å². The molecule has 126 valence electrons. The quantitative estimate of drug-likeness (QED) is 0.726. The van der Waals surface area contributed by atoms with Gasteiger partial charge in [0.05, 0.1) is 12.4 Å². The molecular weight excluding hydrogens is 343 g/mol. The minimum atomic E-state index is -0.357. The number of amides is 1. The van der Waals surface area contributed by atoms with Crippen LogP contribution in [0.5, 0.6) is 0 Å². The van der Waals surface area contributed by atoms with Crippen LogP contribution in [0, 0.1) is 5.82 Å². The molecule has 2 aromatic carbocycles. The number of carbonyl (C=O) groups is 1. The molecule has 0 fully saturated rings. The number of hydrogen-bond donors (Lipinski definition) is 2. The zero-order valence-corrected chi connectivity index (χ0v) is 13.8. The van der Waals surface area contributed by atoms with Crippen molar-refractivity contribution in [3.05, 3.63) is 83.0 Å². The van der Waals surface area contributed by atoms with Gasteiger partial charge in [-0.05, 0) is 29.8 Å². The summed E-state index contributed by atoms with van der Waals surface area (Å²) in [5, 5.41) is 6.24. The van der Waals surface area contributed by atoms with Crippen LogP contribution in [0.2, 0.25) is 5.02 Å². The number of halogens is 2. The lowest BCUT2D eigenvalue weighted by Crippen LogP contribution is -2.24. The Labute approximate surface area is 148 Å². The van der Waals surface area contributed by atoms with E-state index in [0.717, 1.165) is 5.56 Å². The SMILES string of the molecule is O=C(NCc1ccccc1Cl)c1cnc(Nc2cccc(F)c2)cn1. The van der Waals surface area contributed by atoms with E-state index in [1.807, 2.05) is 18.2 Å². The van der Waals surface area contributed by atoms with Gasteiger partial charge in [0, 0.05) is 17.3 Å². The van der Waals surface area contributed by atoms with E-state index < -0.39 is 0 Å². The molecule has 0 radical (unpaired) electrons. The number of benzene rings is 2. The number of nitrogens with one attached hydrogen (secondary N) is 2. The third-order valence-corrected chi connectivity index (χ3v) is 3.75. The fourth-order valence-electron chi connectivity index (χ4n) is 2.13. The monoisotopic (exact) mass is 356 g/mol. The fourth-order valence-corrected chi connectivity index (χ4v) is 2.33. The molecule has 1 amide bonds. The van der Waals surface area contributed by atoms with E-state index in [9.17, 15) is 9.18 Å². The van der Waals surface area contributed by atoms with Crippen LogP contribution >= 0.6 is 11.6 Å². The minimum absolute atomic E-state index is 0.178. The highest BCUT2D eigenvalue weighted by Crippen LogP contribution is 2.16. The van der Waals surface area contributed by atoms with E-state index >= 15 is 0 Å². The summed E-state index contributed by atoms with van der Waals surface area (Å²) in [6, 6.07) is 13.2. The molecule has 3 rings (SSSR count). The summed E-state index contributed by atoms with van der Waals surface area (Å²) in [5.74, 6) is -0.300. The topological polar surface area (TPSA) is 66.9 Å². The van der Waals surface area contributed by atoms with Crippen molar-refractivity contribution in [2.24, 2.45) is 0 Å². The normalized spacial score (nSPS) is 10.3. The van der Waals surface area contributed by atoms with E-state index in [4.69, 9.17) is 11.6 Å². The first-order valence-electron chi connectivity index (χ1n) is 7.48. The molecule has 0 aliphatic heterocycles. The van der Waals surface area contributed by atoms with Crippen molar-refractivity contribution in [1.82, 2.24) is 15.3 Å². The molecule has 0 aliphatic carbocycles. The molecule has 25 heavy (non-hydrogen) atoms. The molecule has 7 heteroatoms. The van der Waals surface area contributed by atoms with Crippen LogP contribution in [0.1, 0.15) is 16.1 Å². The second-order valence-corrected chi connectivity index (χ2v) is 5.60. The number of carbonyl (C=O) groups excluding carboxylic acids is 1. The van der Waals surface area contributed by atoms with E-state index in [1.165, 1.54) is 24.5 Å². The molecule has 0 unspecified atom stereocenters. The van der Waals surface area contributed by atoms with Gasteiger partial charge < -0.3 is 10.6 Å². The molecule has 1 heterocycles. The Morgan fingerprint density at radius 2 is 1.92 bits per heavy atom. The molecule has 0 spiro atoms. The van der Waals surface area contributed by atoms with Crippen molar-refractivity contribution in [3.63, 3.8) is 0 Å². The maximum Gasteiger partial charge on any atom is 0.271 e. The van der Waals surface area contributed by atoms with Gasteiger partial charge >= 0.3 is 0 Å². The molecule has 0 aliphatic rings. The molecule has 0 saturated carbocycles. The Balaban J connectivity index is 1.61. The highest BCUT2D eigenvalue weighted by atomic mass is 35.5. The number of anilines is 2. The largest absolute Gasteiger partial charge is 0.347 e. The van der Waals surface area contributed by atoms with Crippen LogP contribution in [0.3, 0.4) is 0 Å². The molecule has 2 N–H and O–H groups in total.